The van der Waals surface area contributed by atoms with E-state index < -0.39 is 0 Å². The van der Waals surface area contributed by atoms with E-state index in [-0.39, 0.29) is 10.8 Å². The fourth-order valence-electron chi connectivity index (χ4n) is 7.06. The predicted octanol–water partition coefficient (Wildman–Crippen LogP) is 8.32. The number of fused-ring (bicyclic) bond motifs is 4. The van der Waals surface area contributed by atoms with Crippen LogP contribution in [0, 0.1) is 13.8 Å². The molecule has 0 unspecified atom stereocenters. The Hall–Kier alpha value is -3.39. The Morgan fingerprint density at radius 2 is 1.40 bits per heavy atom. The Kier molecular flexibility index (Phi) is 4.61. The van der Waals surface area contributed by atoms with Crippen LogP contribution >= 0.6 is 0 Å². The summed E-state index contributed by atoms with van der Waals surface area (Å²) in [7, 11) is 2.10. The summed E-state index contributed by atoms with van der Waals surface area (Å²) in [6, 6.07) is 22.0. The van der Waals surface area contributed by atoms with Gasteiger partial charge in [0.05, 0.1) is 5.56 Å². The first kappa shape index (κ1) is 22.1. The van der Waals surface area contributed by atoms with E-state index in [4.69, 9.17) is 4.42 Å². The highest BCUT2D eigenvalue weighted by Crippen LogP contribution is 2.54. The maximum atomic E-state index is 6.86. The van der Waals surface area contributed by atoms with Crippen LogP contribution in [0.1, 0.15) is 56.4 Å². The number of furan rings is 1. The monoisotopic (exact) mass is 460 g/mol. The molecule has 0 amide bonds. The zero-order valence-corrected chi connectivity index (χ0v) is 21.9. The summed E-state index contributed by atoms with van der Waals surface area (Å²) < 4.78 is 9.03. The molecule has 5 aromatic rings. The molecule has 0 bridgehead atoms. The number of aromatic nitrogens is 1. The average Bonchev–Trinajstić information content (AvgIpc) is 3.26. The summed E-state index contributed by atoms with van der Waals surface area (Å²) in [6.45, 7) is 14.0. The molecule has 2 aromatic heterocycles. The molecule has 1 aliphatic carbocycles. The van der Waals surface area contributed by atoms with E-state index >= 15 is 0 Å². The summed E-state index contributed by atoms with van der Waals surface area (Å²) in [5, 5.41) is 2.36. The number of hydrogen-bond acceptors (Lipinski definition) is 1. The third-order valence-corrected chi connectivity index (χ3v) is 8.13. The van der Waals surface area contributed by atoms with E-state index in [0.717, 1.165) is 23.3 Å². The first-order chi connectivity index (χ1) is 16.6. The minimum Gasteiger partial charge on any atom is -0.454 e. The maximum Gasteiger partial charge on any atom is 0.216 e. The van der Waals surface area contributed by atoms with Gasteiger partial charge in [0.1, 0.15) is 18.2 Å². The standard InChI is InChI=1S/C33H34NO/c1-20-14-17-25-24-12-10-11-23(30(24)35-31(25)27(20)26-13-8-9-18-34(26)7)22-16-15-21(2)28-29(22)33(5,6)19-32(28,3)4/h8-18H,19H2,1-7H3/q+1. The average molecular weight is 461 g/mol. The molecule has 35 heavy (non-hydrogen) atoms. The number of rotatable bonds is 2. The van der Waals surface area contributed by atoms with Gasteiger partial charge in [-0.05, 0) is 65.0 Å². The molecular weight excluding hydrogens is 426 g/mol. The zero-order chi connectivity index (χ0) is 24.7. The van der Waals surface area contributed by atoms with Crippen molar-refractivity contribution in [2.75, 3.05) is 0 Å². The number of nitrogens with zero attached hydrogens (tertiary/aromatic N) is 1. The Labute approximate surface area is 208 Å². The lowest BCUT2D eigenvalue weighted by atomic mass is 9.80. The highest BCUT2D eigenvalue weighted by atomic mass is 16.3. The summed E-state index contributed by atoms with van der Waals surface area (Å²) in [5.74, 6) is 0. The second-order valence-electron chi connectivity index (χ2n) is 11.7. The summed E-state index contributed by atoms with van der Waals surface area (Å²) >= 11 is 0. The highest BCUT2D eigenvalue weighted by molar-refractivity contribution is 6.13. The van der Waals surface area contributed by atoms with E-state index in [1.54, 1.807) is 0 Å². The van der Waals surface area contributed by atoms with Crippen LogP contribution < -0.4 is 4.57 Å². The Bertz CT molecular complexity index is 1650. The third kappa shape index (κ3) is 3.12. The molecule has 0 saturated heterocycles. The number of benzene rings is 3. The Morgan fingerprint density at radius 3 is 2.17 bits per heavy atom. The third-order valence-electron chi connectivity index (χ3n) is 8.13. The maximum absolute atomic E-state index is 6.86. The van der Waals surface area contributed by atoms with E-state index in [1.165, 1.54) is 49.7 Å². The lowest BCUT2D eigenvalue weighted by molar-refractivity contribution is -0.660. The molecule has 0 fully saturated rings. The van der Waals surface area contributed by atoms with Gasteiger partial charge in [0.25, 0.3) is 0 Å². The molecule has 2 heterocycles. The van der Waals surface area contributed by atoms with Crippen molar-refractivity contribution >= 4 is 21.9 Å². The minimum atomic E-state index is 0.105. The molecule has 6 rings (SSSR count). The van der Waals surface area contributed by atoms with Crippen molar-refractivity contribution in [1.29, 1.82) is 0 Å². The van der Waals surface area contributed by atoms with Gasteiger partial charge in [-0.25, -0.2) is 4.57 Å². The van der Waals surface area contributed by atoms with Crippen LogP contribution in [0.25, 0.3) is 44.3 Å². The molecule has 0 aliphatic heterocycles. The normalized spacial score (nSPS) is 16.2. The molecule has 1 aliphatic rings. The first-order valence-corrected chi connectivity index (χ1v) is 12.6. The summed E-state index contributed by atoms with van der Waals surface area (Å²) in [5.41, 5.74) is 12.7. The van der Waals surface area contributed by atoms with Crippen LogP contribution in [0.15, 0.2) is 71.3 Å². The number of aryl methyl sites for hydroxylation is 3. The minimum absolute atomic E-state index is 0.105. The van der Waals surface area contributed by atoms with Gasteiger partial charge in [-0.3, -0.25) is 0 Å². The SMILES string of the molecule is Cc1ccc(-c2cccc3c2oc2c(-c4cccc[n+]4C)c(C)ccc23)c2c1C(C)(C)CC2(C)C. The van der Waals surface area contributed by atoms with Gasteiger partial charge in [0, 0.05) is 28.5 Å². The van der Waals surface area contributed by atoms with E-state index in [2.05, 4.69) is 120 Å². The summed E-state index contributed by atoms with van der Waals surface area (Å²) in [6.07, 6.45) is 3.25. The van der Waals surface area contributed by atoms with Crippen molar-refractivity contribution in [3.63, 3.8) is 0 Å². The van der Waals surface area contributed by atoms with Crippen LogP contribution in [0.2, 0.25) is 0 Å². The molecule has 176 valence electrons. The van der Waals surface area contributed by atoms with Crippen LogP contribution in [-0.2, 0) is 17.9 Å². The van der Waals surface area contributed by atoms with Gasteiger partial charge in [-0.15, -0.1) is 0 Å². The van der Waals surface area contributed by atoms with Crippen molar-refractivity contribution in [1.82, 2.24) is 0 Å². The summed E-state index contributed by atoms with van der Waals surface area (Å²) in [4.78, 5) is 0. The van der Waals surface area contributed by atoms with Gasteiger partial charge in [-0.2, -0.15) is 0 Å². The smallest absolute Gasteiger partial charge is 0.216 e. The molecule has 2 nitrogen and oxygen atoms in total. The van der Waals surface area contributed by atoms with Crippen LogP contribution in [-0.4, -0.2) is 0 Å². The first-order valence-electron chi connectivity index (χ1n) is 12.6. The fourth-order valence-corrected chi connectivity index (χ4v) is 7.06. The second-order valence-corrected chi connectivity index (χ2v) is 11.7. The van der Waals surface area contributed by atoms with Crippen molar-refractivity contribution in [2.45, 2.75) is 58.8 Å². The predicted molar refractivity (Wildman–Crippen MR) is 146 cm³/mol. The lowest BCUT2D eigenvalue weighted by Crippen LogP contribution is -2.30. The number of para-hydroxylation sites is 1. The number of pyridine rings is 1. The largest absolute Gasteiger partial charge is 0.454 e. The molecule has 0 spiro atoms. The van der Waals surface area contributed by atoms with Crippen molar-refractivity contribution in [3.05, 3.63) is 89.1 Å². The lowest BCUT2D eigenvalue weighted by Gasteiger charge is -2.23. The Balaban J connectivity index is 1.70. The highest BCUT2D eigenvalue weighted by Gasteiger charge is 2.44. The zero-order valence-electron chi connectivity index (χ0n) is 21.9. The quantitative estimate of drug-likeness (QED) is 0.242. The Morgan fingerprint density at radius 1 is 0.686 bits per heavy atom. The topological polar surface area (TPSA) is 17.0 Å². The van der Waals surface area contributed by atoms with Gasteiger partial charge in [0.2, 0.25) is 5.69 Å². The molecule has 0 radical (unpaired) electrons. The van der Waals surface area contributed by atoms with E-state index in [9.17, 15) is 0 Å². The van der Waals surface area contributed by atoms with Gasteiger partial charge >= 0.3 is 0 Å². The van der Waals surface area contributed by atoms with Crippen molar-refractivity contribution in [2.24, 2.45) is 7.05 Å². The molecular formula is C33H34NO+. The molecule has 2 heteroatoms. The number of hydrogen-bond donors (Lipinski definition) is 0. The van der Waals surface area contributed by atoms with Gasteiger partial charge < -0.3 is 4.42 Å². The molecule has 0 atom stereocenters. The van der Waals surface area contributed by atoms with Gasteiger partial charge in [0.15, 0.2) is 6.20 Å². The van der Waals surface area contributed by atoms with Crippen LogP contribution in [0.4, 0.5) is 0 Å². The second kappa shape index (κ2) is 7.31. The van der Waals surface area contributed by atoms with Crippen molar-refractivity contribution in [3.8, 4) is 22.4 Å². The molecule has 0 N–H and O–H groups in total. The van der Waals surface area contributed by atoms with E-state index in [0.29, 0.717) is 0 Å². The van der Waals surface area contributed by atoms with Crippen molar-refractivity contribution < 1.29 is 8.98 Å². The molecule has 3 aromatic carbocycles. The fraction of sp³-hybridized carbons (Fsp3) is 0.303. The van der Waals surface area contributed by atoms with E-state index in [1.807, 2.05) is 0 Å². The molecule has 0 saturated carbocycles. The van der Waals surface area contributed by atoms with Crippen LogP contribution in [0.3, 0.4) is 0 Å². The van der Waals surface area contributed by atoms with Crippen LogP contribution in [0.5, 0.6) is 0 Å². The van der Waals surface area contributed by atoms with Gasteiger partial charge in [-0.1, -0.05) is 70.2 Å².